The summed E-state index contributed by atoms with van der Waals surface area (Å²) in [5.74, 6) is 3.23. The third kappa shape index (κ3) is 2.12. The quantitative estimate of drug-likeness (QED) is 0.767. The largest absolute Gasteiger partial charge is 0.392 e. The van der Waals surface area contributed by atoms with Crippen LogP contribution in [0, 0.1) is 40.4 Å². The number of carbonyl (C=O) groups is 1. The van der Waals surface area contributed by atoms with Gasteiger partial charge in [0.25, 0.3) is 0 Å². The first-order chi connectivity index (χ1) is 10.9. The Balaban J connectivity index is 1.66. The van der Waals surface area contributed by atoms with Crippen LogP contribution in [-0.2, 0) is 4.79 Å². The fraction of sp³-hybridized carbons (Fsp3) is 0.952. The van der Waals surface area contributed by atoms with Crippen molar-refractivity contribution in [3.05, 3.63) is 0 Å². The van der Waals surface area contributed by atoms with Gasteiger partial charge in [-0.1, -0.05) is 26.7 Å². The van der Waals surface area contributed by atoms with Crippen LogP contribution in [0.1, 0.15) is 78.6 Å². The molecule has 0 aromatic carbocycles. The zero-order valence-electron chi connectivity index (χ0n) is 15.2. The Hall–Kier alpha value is -0.370. The average Bonchev–Trinajstić information content (AvgIpc) is 2.77. The Kier molecular flexibility index (Phi) is 3.72. The van der Waals surface area contributed by atoms with Crippen LogP contribution < -0.4 is 0 Å². The van der Waals surface area contributed by atoms with Crippen LogP contribution in [0.2, 0.25) is 0 Å². The molecule has 23 heavy (non-hydrogen) atoms. The molecule has 8 unspecified atom stereocenters. The zero-order valence-corrected chi connectivity index (χ0v) is 15.2. The lowest BCUT2D eigenvalue weighted by Crippen LogP contribution is -2.53. The van der Waals surface area contributed by atoms with Crippen molar-refractivity contribution in [1.29, 1.82) is 0 Å². The number of ketones is 1. The number of rotatable bonds is 1. The van der Waals surface area contributed by atoms with Crippen LogP contribution in [0.4, 0.5) is 0 Å². The number of Topliss-reactive ketones (excluding diaryl/α,β-unsaturated/α-hetero) is 1. The highest BCUT2D eigenvalue weighted by Gasteiger charge is 2.62. The molecule has 4 aliphatic carbocycles. The van der Waals surface area contributed by atoms with E-state index in [0.29, 0.717) is 11.3 Å². The molecule has 0 heterocycles. The first-order valence-electron chi connectivity index (χ1n) is 10.1. The molecule has 1 N–H and O–H groups in total. The van der Waals surface area contributed by atoms with E-state index in [1.54, 1.807) is 6.92 Å². The molecule has 0 spiro atoms. The normalized spacial score (nSPS) is 55.7. The van der Waals surface area contributed by atoms with Crippen LogP contribution in [0.5, 0.6) is 0 Å². The highest BCUT2D eigenvalue weighted by Crippen LogP contribution is 2.67. The van der Waals surface area contributed by atoms with Gasteiger partial charge >= 0.3 is 0 Å². The molecular formula is C21H34O2. The highest BCUT2D eigenvalue weighted by molar-refractivity contribution is 5.80. The Morgan fingerprint density at radius 1 is 0.957 bits per heavy atom. The maximum Gasteiger partial charge on any atom is 0.136 e. The van der Waals surface area contributed by atoms with Crippen LogP contribution in [0.25, 0.3) is 0 Å². The molecule has 4 saturated carbocycles. The Bertz CT molecular complexity index is 500. The van der Waals surface area contributed by atoms with Gasteiger partial charge in [-0.15, -0.1) is 0 Å². The Morgan fingerprint density at radius 3 is 2.48 bits per heavy atom. The molecule has 4 fully saturated rings. The smallest absolute Gasteiger partial charge is 0.136 e. The molecule has 130 valence electrons. The Labute approximate surface area is 141 Å². The summed E-state index contributed by atoms with van der Waals surface area (Å²) in [7, 11) is 0. The first kappa shape index (κ1) is 16.1. The molecule has 0 aliphatic heterocycles. The number of aliphatic hydroxyl groups is 1. The van der Waals surface area contributed by atoms with Crippen molar-refractivity contribution in [2.75, 3.05) is 0 Å². The lowest BCUT2D eigenvalue weighted by molar-refractivity contribution is -0.135. The second-order valence-electron chi connectivity index (χ2n) is 9.84. The average molecular weight is 319 g/mol. The maximum absolute atomic E-state index is 12.2. The molecule has 2 nitrogen and oxygen atoms in total. The second-order valence-corrected chi connectivity index (χ2v) is 9.84. The molecule has 0 bridgehead atoms. The van der Waals surface area contributed by atoms with Gasteiger partial charge in [0.05, 0.1) is 6.10 Å². The lowest BCUT2D eigenvalue weighted by Gasteiger charge is -2.60. The van der Waals surface area contributed by atoms with Crippen molar-refractivity contribution in [2.24, 2.45) is 40.4 Å². The minimum Gasteiger partial charge on any atom is -0.392 e. The van der Waals surface area contributed by atoms with E-state index in [1.807, 2.05) is 0 Å². The Morgan fingerprint density at radius 2 is 1.74 bits per heavy atom. The van der Waals surface area contributed by atoms with Gasteiger partial charge in [-0.3, -0.25) is 4.79 Å². The summed E-state index contributed by atoms with van der Waals surface area (Å²) in [5.41, 5.74) is 0.603. The summed E-state index contributed by atoms with van der Waals surface area (Å²) >= 11 is 0. The van der Waals surface area contributed by atoms with Gasteiger partial charge in [0.15, 0.2) is 0 Å². The summed E-state index contributed by atoms with van der Waals surface area (Å²) < 4.78 is 0. The summed E-state index contributed by atoms with van der Waals surface area (Å²) in [5, 5.41) is 10.6. The summed E-state index contributed by atoms with van der Waals surface area (Å²) in [6, 6.07) is 0. The van der Waals surface area contributed by atoms with Crippen molar-refractivity contribution in [3.8, 4) is 0 Å². The predicted molar refractivity (Wildman–Crippen MR) is 91.9 cm³/mol. The molecule has 0 aromatic heterocycles. The molecular weight excluding hydrogens is 284 g/mol. The van der Waals surface area contributed by atoms with Crippen LogP contribution in [0.3, 0.4) is 0 Å². The minimum absolute atomic E-state index is 0.0598. The molecule has 0 saturated heterocycles. The molecule has 0 amide bonds. The highest BCUT2D eigenvalue weighted by atomic mass is 16.3. The van der Waals surface area contributed by atoms with Crippen molar-refractivity contribution in [3.63, 3.8) is 0 Å². The first-order valence-corrected chi connectivity index (χ1v) is 10.1. The lowest BCUT2D eigenvalue weighted by atomic mass is 9.45. The van der Waals surface area contributed by atoms with E-state index >= 15 is 0 Å². The summed E-state index contributed by atoms with van der Waals surface area (Å²) in [4.78, 5) is 12.2. The summed E-state index contributed by atoms with van der Waals surface area (Å²) in [6.07, 6.45) is 11.4. The van der Waals surface area contributed by atoms with E-state index in [0.717, 1.165) is 30.6 Å². The molecule has 2 heteroatoms. The predicted octanol–water partition coefficient (Wildman–Crippen LogP) is 4.60. The van der Waals surface area contributed by atoms with E-state index in [-0.39, 0.29) is 17.1 Å². The SMILES string of the molecule is CC(=O)C1C(O)CC2C3CCC4CCCCC4(C)C3CCC21C. The number of hydrogen-bond acceptors (Lipinski definition) is 2. The van der Waals surface area contributed by atoms with Crippen molar-refractivity contribution >= 4 is 5.78 Å². The molecule has 0 aromatic rings. The number of hydrogen-bond donors (Lipinski definition) is 1. The third-order valence-corrected chi connectivity index (χ3v) is 9.05. The number of aliphatic hydroxyl groups excluding tert-OH is 1. The summed E-state index contributed by atoms with van der Waals surface area (Å²) in [6.45, 7) is 6.61. The number of fused-ring (bicyclic) bond motifs is 5. The topological polar surface area (TPSA) is 37.3 Å². The second kappa shape index (κ2) is 5.31. The maximum atomic E-state index is 12.2. The van der Waals surface area contributed by atoms with Gasteiger partial charge in [-0.05, 0) is 86.4 Å². The standard InChI is InChI=1S/C21H34O2/c1-13(22)19-18(23)12-17-15-8-7-14-6-4-5-10-20(14,2)16(15)9-11-21(17,19)3/h14-19,23H,4-12H2,1-3H3. The molecule has 4 rings (SSSR count). The van der Waals surface area contributed by atoms with Crippen LogP contribution in [-0.4, -0.2) is 17.0 Å². The van der Waals surface area contributed by atoms with Crippen molar-refractivity contribution in [1.82, 2.24) is 0 Å². The molecule has 8 atom stereocenters. The van der Waals surface area contributed by atoms with Gasteiger partial charge in [-0.25, -0.2) is 0 Å². The van der Waals surface area contributed by atoms with Crippen molar-refractivity contribution in [2.45, 2.75) is 84.7 Å². The minimum atomic E-state index is -0.391. The van der Waals surface area contributed by atoms with Gasteiger partial charge in [-0.2, -0.15) is 0 Å². The zero-order chi connectivity index (χ0) is 16.4. The van der Waals surface area contributed by atoms with Gasteiger partial charge in [0.2, 0.25) is 0 Å². The van der Waals surface area contributed by atoms with Gasteiger partial charge in [0, 0.05) is 5.92 Å². The fourth-order valence-corrected chi connectivity index (χ4v) is 8.04. The third-order valence-electron chi connectivity index (χ3n) is 9.05. The number of carbonyl (C=O) groups excluding carboxylic acids is 1. The van der Waals surface area contributed by atoms with Gasteiger partial charge < -0.3 is 5.11 Å². The van der Waals surface area contributed by atoms with E-state index in [4.69, 9.17) is 0 Å². The molecule has 4 aliphatic rings. The monoisotopic (exact) mass is 318 g/mol. The van der Waals surface area contributed by atoms with Crippen molar-refractivity contribution < 1.29 is 9.90 Å². The molecule has 0 radical (unpaired) electrons. The van der Waals surface area contributed by atoms with E-state index in [1.165, 1.54) is 44.9 Å². The van der Waals surface area contributed by atoms with Crippen LogP contribution >= 0.6 is 0 Å². The van der Waals surface area contributed by atoms with Gasteiger partial charge in [0.1, 0.15) is 5.78 Å². The van der Waals surface area contributed by atoms with Crippen LogP contribution in [0.15, 0.2) is 0 Å². The van der Waals surface area contributed by atoms with E-state index in [2.05, 4.69) is 13.8 Å². The van der Waals surface area contributed by atoms with E-state index in [9.17, 15) is 9.90 Å². The van der Waals surface area contributed by atoms with E-state index < -0.39 is 6.10 Å². The fourth-order valence-electron chi connectivity index (χ4n) is 8.04.